The fraction of sp³-hybridized carbons (Fsp3) is 0.417. The molecule has 0 saturated carbocycles. The third-order valence-corrected chi connectivity index (χ3v) is 2.50. The molecule has 19 heavy (non-hydrogen) atoms. The van der Waals surface area contributed by atoms with E-state index in [9.17, 15) is 5.11 Å². The molecule has 1 aromatic heterocycles. The van der Waals surface area contributed by atoms with Crippen LogP contribution in [-0.2, 0) is 0 Å². The van der Waals surface area contributed by atoms with E-state index in [1.807, 2.05) is 13.0 Å². The van der Waals surface area contributed by atoms with Gasteiger partial charge in [-0.2, -0.15) is 0 Å². The molecule has 1 unspecified atom stereocenters. The molecular weight excluding hydrogens is 425 g/mol. The SMILES string of the molecule is C=C(Br)CNC(=NC)NCC(O)c1ccc(C)o1.I. The lowest BCUT2D eigenvalue weighted by atomic mass is 10.3. The molecule has 1 aromatic rings. The molecular formula is C12H19BrIN3O2. The van der Waals surface area contributed by atoms with Crippen molar-refractivity contribution >= 4 is 45.9 Å². The molecule has 0 bridgehead atoms. The summed E-state index contributed by atoms with van der Waals surface area (Å²) in [7, 11) is 1.66. The Labute approximate surface area is 138 Å². The number of hydrogen-bond donors (Lipinski definition) is 3. The molecule has 1 rings (SSSR count). The summed E-state index contributed by atoms with van der Waals surface area (Å²) in [4.78, 5) is 4.02. The number of nitrogens with one attached hydrogen (secondary N) is 2. The Balaban J connectivity index is 0.00000324. The van der Waals surface area contributed by atoms with Crippen LogP contribution >= 0.6 is 39.9 Å². The maximum atomic E-state index is 9.89. The lowest BCUT2D eigenvalue weighted by molar-refractivity contribution is 0.151. The van der Waals surface area contributed by atoms with Crippen LogP contribution in [0.3, 0.4) is 0 Å². The van der Waals surface area contributed by atoms with Crippen LogP contribution in [0.2, 0.25) is 0 Å². The molecule has 0 radical (unpaired) electrons. The van der Waals surface area contributed by atoms with E-state index in [0.717, 1.165) is 10.2 Å². The molecule has 0 aliphatic rings. The van der Waals surface area contributed by atoms with Crippen molar-refractivity contribution in [1.29, 1.82) is 0 Å². The highest BCUT2D eigenvalue weighted by atomic mass is 127. The Morgan fingerprint density at radius 2 is 2.21 bits per heavy atom. The van der Waals surface area contributed by atoms with Crippen molar-refractivity contribution in [2.45, 2.75) is 13.0 Å². The second-order valence-electron chi connectivity index (χ2n) is 3.79. The summed E-state index contributed by atoms with van der Waals surface area (Å²) in [6.45, 7) is 6.44. The molecule has 5 nitrogen and oxygen atoms in total. The zero-order valence-electron chi connectivity index (χ0n) is 10.9. The van der Waals surface area contributed by atoms with E-state index in [2.05, 4.69) is 38.1 Å². The largest absolute Gasteiger partial charge is 0.464 e. The molecule has 0 aromatic carbocycles. The van der Waals surface area contributed by atoms with Gasteiger partial charge in [-0.1, -0.05) is 22.5 Å². The van der Waals surface area contributed by atoms with Gasteiger partial charge in [0.2, 0.25) is 0 Å². The van der Waals surface area contributed by atoms with Crippen LogP contribution in [-0.4, -0.2) is 31.2 Å². The highest BCUT2D eigenvalue weighted by Gasteiger charge is 2.11. The van der Waals surface area contributed by atoms with Gasteiger partial charge in [-0.15, -0.1) is 24.0 Å². The van der Waals surface area contributed by atoms with E-state index in [1.54, 1.807) is 13.1 Å². The van der Waals surface area contributed by atoms with Gasteiger partial charge < -0.3 is 20.2 Å². The first-order valence-electron chi connectivity index (χ1n) is 5.55. The quantitative estimate of drug-likeness (QED) is 0.371. The number of nitrogens with zero attached hydrogens (tertiary/aromatic N) is 1. The van der Waals surface area contributed by atoms with E-state index in [-0.39, 0.29) is 24.0 Å². The van der Waals surface area contributed by atoms with Crippen LogP contribution < -0.4 is 10.6 Å². The fourth-order valence-corrected chi connectivity index (χ4v) is 1.47. The summed E-state index contributed by atoms with van der Waals surface area (Å²) in [5.74, 6) is 1.92. The molecule has 3 N–H and O–H groups in total. The van der Waals surface area contributed by atoms with Gasteiger partial charge in [0.05, 0.1) is 6.54 Å². The molecule has 7 heteroatoms. The number of halogens is 2. The van der Waals surface area contributed by atoms with Crippen molar-refractivity contribution in [2.75, 3.05) is 20.1 Å². The van der Waals surface area contributed by atoms with Gasteiger partial charge >= 0.3 is 0 Å². The van der Waals surface area contributed by atoms with Crippen molar-refractivity contribution in [3.8, 4) is 0 Å². The molecule has 0 aliphatic heterocycles. The number of furan rings is 1. The van der Waals surface area contributed by atoms with Crippen LogP contribution in [0.1, 0.15) is 17.6 Å². The normalized spacial score (nSPS) is 12.5. The van der Waals surface area contributed by atoms with Crippen LogP contribution in [0.4, 0.5) is 0 Å². The minimum atomic E-state index is -0.704. The maximum absolute atomic E-state index is 9.89. The van der Waals surface area contributed by atoms with Gasteiger partial charge in [0, 0.05) is 18.1 Å². The van der Waals surface area contributed by atoms with Crippen molar-refractivity contribution in [3.05, 3.63) is 34.7 Å². The van der Waals surface area contributed by atoms with E-state index in [4.69, 9.17) is 4.42 Å². The number of guanidine groups is 1. The summed E-state index contributed by atoms with van der Waals surface area (Å²) in [5.41, 5.74) is 0. The second-order valence-corrected chi connectivity index (χ2v) is 4.91. The van der Waals surface area contributed by atoms with Crippen molar-refractivity contribution in [2.24, 2.45) is 4.99 Å². The number of rotatable bonds is 5. The summed E-state index contributed by atoms with van der Waals surface area (Å²) in [6.07, 6.45) is -0.704. The Morgan fingerprint density at radius 3 is 2.68 bits per heavy atom. The summed E-state index contributed by atoms with van der Waals surface area (Å²) in [5, 5.41) is 15.9. The Kier molecular flexibility index (Phi) is 9.11. The van der Waals surface area contributed by atoms with Crippen molar-refractivity contribution in [3.63, 3.8) is 0 Å². The minimum absolute atomic E-state index is 0. The van der Waals surface area contributed by atoms with Gasteiger partial charge in [-0.05, 0) is 19.1 Å². The molecule has 1 atom stereocenters. The van der Waals surface area contributed by atoms with E-state index < -0.39 is 6.10 Å². The predicted octanol–water partition coefficient (Wildman–Crippen LogP) is 2.31. The summed E-state index contributed by atoms with van der Waals surface area (Å²) < 4.78 is 6.16. The maximum Gasteiger partial charge on any atom is 0.191 e. The van der Waals surface area contributed by atoms with Crippen LogP contribution in [0, 0.1) is 6.92 Å². The zero-order valence-corrected chi connectivity index (χ0v) is 14.9. The van der Waals surface area contributed by atoms with Gasteiger partial charge in [0.25, 0.3) is 0 Å². The average Bonchev–Trinajstić information content (AvgIpc) is 2.75. The second kappa shape index (κ2) is 9.38. The molecule has 0 amide bonds. The first kappa shape index (κ1) is 18.5. The Bertz CT molecular complexity index is 434. The number of hydrogen-bond acceptors (Lipinski definition) is 3. The third kappa shape index (κ3) is 6.98. The zero-order chi connectivity index (χ0) is 13.5. The third-order valence-electron chi connectivity index (χ3n) is 2.22. The highest BCUT2D eigenvalue weighted by Crippen LogP contribution is 2.14. The monoisotopic (exact) mass is 443 g/mol. The van der Waals surface area contributed by atoms with Crippen LogP contribution in [0.15, 0.2) is 32.6 Å². The van der Waals surface area contributed by atoms with Crippen LogP contribution in [0.5, 0.6) is 0 Å². The average molecular weight is 444 g/mol. The number of aliphatic imine (C=N–C) groups is 1. The number of aliphatic hydroxyl groups is 1. The lowest BCUT2D eigenvalue weighted by Gasteiger charge is -2.13. The van der Waals surface area contributed by atoms with E-state index >= 15 is 0 Å². The predicted molar refractivity (Wildman–Crippen MR) is 91.3 cm³/mol. The van der Waals surface area contributed by atoms with Gasteiger partial charge in [-0.3, -0.25) is 4.99 Å². The number of aliphatic hydroxyl groups excluding tert-OH is 1. The molecule has 0 spiro atoms. The molecule has 0 aliphatic carbocycles. The van der Waals surface area contributed by atoms with Gasteiger partial charge in [0.1, 0.15) is 17.6 Å². The van der Waals surface area contributed by atoms with Gasteiger partial charge in [0.15, 0.2) is 5.96 Å². The molecule has 0 saturated heterocycles. The summed E-state index contributed by atoms with van der Waals surface area (Å²) >= 11 is 3.25. The Morgan fingerprint density at radius 1 is 1.53 bits per heavy atom. The van der Waals surface area contributed by atoms with E-state index in [1.165, 1.54) is 0 Å². The lowest BCUT2D eigenvalue weighted by Crippen LogP contribution is -2.39. The number of aryl methyl sites for hydroxylation is 1. The molecule has 0 fully saturated rings. The van der Waals surface area contributed by atoms with Crippen molar-refractivity contribution in [1.82, 2.24) is 10.6 Å². The van der Waals surface area contributed by atoms with Crippen LogP contribution in [0.25, 0.3) is 0 Å². The first-order chi connectivity index (χ1) is 8.52. The van der Waals surface area contributed by atoms with Crippen molar-refractivity contribution < 1.29 is 9.52 Å². The molecule has 108 valence electrons. The smallest absolute Gasteiger partial charge is 0.191 e. The molecule has 1 heterocycles. The minimum Gasteiger partial charge on any atom is -0.464 e. The fourth-order valence-electron chi connectivity index (χ4n) is 1.33. The summed E-state index contributed by atoms with van der Waals surface area (Å²) in [6, 6.07) is 3.58. The topological polar surface area (TPSA) is 69.8 Å². The van der Waals surface area contributed by atoms with E-state index in [0.29, 0.717) is 24.8 Å². The standard InChI is InChI=1S/C12H18BrN3O2.HI/c1-8(13)6-15-12(14-3)16-7-10(17)11-5-4-9(2)18-11;/h4-5,10,17H,1,6-7H2,2-3H3,(H2,14,15,16);1H. The Hall–Kier alpha value is -0.540. The first-order valence-corrected chi connectivity index (χ1v) is 6.34. The van der Waals surface area contributed by atoms with Gasteiger partial charge in [-0.25, -0.2) is 0 Å². The highest BCUT2D eigenvalue weighted by molar-refractivity contribution is 14.0.